The maximum atomic E-state index is 11.5. The molecule has 0 saturated heterocycles. The molecule has 0 spiro atoms. The monoisotopic (exact) mass is 256 g/mol. The van der Waals surface area contributed by atoms with Crippen LogP contribution in [0.15, 0.2) is 23.5 Å². The SMILES string of the molecule is CC.CC/C=C(C)\C(=C/N)NC(=O)OC(C)(C)C. The summed E-state index contributed by atoms with van der Waals surface area (Å²) in [6.07, 6.45) is 3.74. The van der Waals surface area contributed by atoms with Crippen molar-refractivity contribution in [1.82, 2.24) is 5.32 Å². The van der Waals surface area contributed by atoms with Crippen LogP contribution >= 0.6 is 0 Å². The number of nitrogens with two attached hydrogens (primary N) is 1. The summed E-state index contributed by atoms with van der Waals surface area (Å²) in [6.45, 7) is 13.3. The molecule has 0 bridgehead atoms. The standard InChI is InChI=1S/C12H22N2O2.C2H6/c1-6-7-9(2)10(8-13)14-11(15)16-12(3,4)5;1-2/h7-8H,6,13H2,1-5H3,(H,14,15);1-2H3/b9-7-,10-8+;. The molecular formula is C14H28N2O2. The molecule has 0 heterocycles. The van der Waals surface area contributed by atoms with Crippen LogP contribution in [0.1, 0.15) is 54.9 Å². The molecular weight excluding hydrogens is 228 g/mol. The van der Waals surface area contributed by atoms with Crippen molar-refractivity contribution in [1.29, 1.82) is 0 Å². The van der Waals surface area contributed by atoms with Gasteiger partial charge in [0.2, 0.25) is 0 Å². The largest absolute Gasteiger partial charge is 0.444 e. The van der Waals surface area contributed by atoms with E-state index in [1.54, 1.807) is 0 Å². The number of amides is 1. The summed E-state index contributed by atoms with van der Waals surface area (Å²) >= 11 is 0. The van der Waals surface area contributed by atoms with E-state index in [-0.39, 0.29) is 0 Å². The van der Waals surface area contributed by atoms with Gasteiger partial charge in [0.1, 0.15) is 5.60 Å². The lowest BCUT2D eigenvalue weighted by Crippen LogP contribution is -2.32. The van der Waals surface area contributed by atoms with Crippen LogP contribution < -0.4 is 11.1 Å². The third kappa shape index (κ3) is 9.75. The summed E-state index contributed by atoms with van der Waals surface area (Å²) in [5.74, 6) is 0. The molecule has 4 nitrogen and oxygen atoms in total. The first kappa shape index (κ1) is 18.9. The first-order valence-corrected chi connectivity index (χ1v) is 6.39. The fourth-order valence-corrected chi connectivity index (χ4v) is 1.10. The van der Waals surface area contributed by atoms with E-state index in [2.05, 4.69) is 5.32 Å². The number of rotatable bonds is 3. The number of allylic oxidation sites excluding steroid dienone is 2. The Morgan fingerprint density at radius 1 is 1.33 bits per heavy atom. The Morgan fingerprint density at radius 2 is 1.83 bits per heavy atom. The average Bonchev–Trinajstić information content (AvgIpc) is 2.26. The van der Waals surface area contributed by atoms with Gasteiger partial charge in [-0.1, -0.05) is 26.8 Å². The number of carbonyl (C=O) groups excluding carboxylic acids is 1. The summed E-state index contributed by atoms with van der Waals surface area (Å²) in [6, 6.07) is 0. The van der Waals surface area contributed by atoms with Gasteiger partial charge in [-0.2, -0.15) is 0 Å². The number of hydrogen-bond donors (Lipinski definition) is 2. The van der Waals surface area contributed by atoms with Crippen molar-refractivity contribution in [2.24, 2.45) is 5.73 Å². The van der Waals surface area contributed by atoms with Gasteiger partial charge in [-0.25, -0.2) is 4.79 Å². The summed E-state index contributed by atoms with van der Waals surface area (Å²) in [5, 5.41) is 2.61. The minimum absolute atomic E-state index is 0.493. The van der Waals surface area contributed by atoms with Crippen LogP contribution in [0, 0.1) is 0 Å². The van der Waals surface area contributed by atoms with Crippen LogP contribution in [0.2, 0.25) is 0 Å². The Morgan fingerprint density at radius 3 is 2.17 bits per heavy atom. The molecule has 4 heteroatoms. The molecule has 0 rings (SSSR count). The van der Waals surface area contributed by atoms with E-state index in [1.807, 2.05) is 54.5 Å². The number of hydrogen-bond acceptors (Lipinski definition) is 3. The Labute approximate surface area is 111 Å². The third-order valence-electron chi connectivity index (χ3n) is 1.74. The van der Waals surface area contributed by atoms with E-state index in [9.17, 15) is 4.79 Å². The van der Waals surface area contributed by atoms with Crippen molar-refractivity contribution < 1.29 is 9.53 Å². The first-order valence-electron chi connectivity index (χ1n) is 6.39. The van der Waals surface area contributed by atoms with Crippen molar-refractivity contribution in [2.75, 3.05) is 0 Å². The smallest absolute Gasteiger partial charge is 0.412 e. The average molecular weight is 256 g/mol. The fourth-order valence-electron chi connectivity index (χ4n) is 1.10. The maximum absolute atomic E-state index is 11.5. The Hall–Kier alpha value is -1.45. The van der Waals surface area contributed by atoms with Gasteiger partial charge in [0, 0.05) is 6.20 Å². The molecule has 3 N–H and O–H groups in total. The van der Waals surface area contributed by atoms with Gasteiger partial charge in [-0.05, 0) is 39.7 Å². The zero-order chi connectivity index (χ0) is 14.8. The molecule has 0 aromatic rings. The molecule has 0 aliphatic rings. The molecule has 0 fully saturated rings. The van der Waals surface area contributed by atoms with Gasteiger partial charge in [0.15, 0.2) is 0 Å². The number of carbonyl (C=O) groups is 1. The van der Waals surface area contributed by atoms with Crippen LogP contribution in [-0.4, -0.2) is 11.7 Å². The van der Waals surface area contributed by atoms with Crippen molar-refractivity contribution in [3.05, 3.63) is 23.5 Å². The predicted octanol–water partition coefficient (Wildman–Crippen LogP) is 3.69. The van der Waals surface area contributed by atoms with E-state index in [4.69, 9.17) is 10.5 Å². The highest BCUT2D eigenvalue weighted by atomic mass is 16.6. The van der Waals surface area contributed by atoms with E-state index >= 15 is 0 Å². The lowest BCUT2D eigenvalue weighted by Gasteiger charge is -2.20. The van der Waals surface area contributed by atoms with Gasteiger partial charge in [-0.15, -0.1) is 0 Å². The zero-order valence-electron chi connectivity index (χ0n) is 12.8. The summed E-state index contributed by atoms with van der Waals surface area (Å²) in [5.41, 5.74) is 6.44. The minimum atomic E-state index is -0.508. The third-order valence-corrected chi connectivity index (χ3v) is 1.74. The molecule has 18 heavy (non-hydrogen) atoms. The number of ether oxygens (including phenoxy) is 1. The Kier molecular flexibility index (Phi) is 10.0. The molecule has 0 atom stereocenters. The lowest BCUT2D eigenvalue weighted by atomic mass is 10.2. The summed E-state index contributed by atoms with van der Waals surface area (Å²) in [7, 11) is 0. The predicted molar refractivity (Wildman–Crippen MR) is 77.0 cm³/mol. The molecule has 0 aliphatic carbocycles. The van der Waals surface area contributed by atoms with Crippen LogP contribution in [-0.2, 0) is 4.74 Å². The van der Waals surface area contributed by atoms with Crippen LogP contribution in [0.5, 0.6) is 0 Å². The zero-order valence-corrected chi connectivity index (χ0v) is 12.8. The van der Waals surface area contributed by atoms with E-state index in [0.29, 0.717) is 5.70 Å². The number of alkyl carbamates (subject to hydrolysis) is 1. The molecule has 0 aromatic heterocycles. The first-order chi connectivity index (χ1) is 8.30. The summed E-state index contributed by atoms with van der Waals surface area (Å²) in [4.78, 5) is 11.5. The van der Waals surface area contributed by atoms with Crippen molar-refractivity contribution >= 4 is 6.09 Å². The van der Waals surface area contributed by atoms with Crippen molar-refractivity contribution in [2.45, 2.75) is 60.5 Å². The lowest BCUT2D eigenvalue weighted by molar-refractivity contribution is 0.0547. The normalized spacial score (nSPS) is 12.4. The van der Waals surface area contributed by atoms with Gasteiger partial charge in [0.25, 0.3) is 0 Å². The molecule has 0 aliphatic heterocycles. The molecule has 1 amide bonds. The van der Waals surface area contributed by atoms with Crippen molar-refractivity contribution in [3.8, 4) is 0 Å². The molecule has 106 valence electrons. The maximum Gasteiger partial charge on any atom is 0.412 e. The van der Waals surface area contributed by atoms with Crippen LogP contribution in [0.4, 0.5) is 4.79 Å². The van der Waals surface area contributed by atoms with E-state index < -0.39 is 11.7 Å². The van der Waals surface area contributed by atoms with Crippen molar-refractivity contribution in [3.63, 3.8) is 0 Å². The quantitative estimate of drug-likeness (QED) is 0.757. The van der Waals surface area contributed by atoms with E-state index in [0.717, 1.165) is 12.0 Å². The minimum Gasteiger partial charge on any atom is -0.444 e. The topological polar surface area (TPSA) is 64.3 Å². The van der Waals surface area contributed by atoms with Gasteiger partial charge < -0.3 is 10.5 Å². The van der Waals surface area contributed by atoms with E-state index in [1.165, 1.54) is 6.20 Å². The van der Waals surface area contributed by atoms with Gasteiger partial charge in [-0.3, -0.25) is 5.32 Å². The molecule has 0 aromatic carbocycles. The number of nitrogens with one attached hydrogen (secondary N) is 1. The van der Waals surface area contributed by atoms with Crippen LogP contribution in [0.25, 0.3) is 0 Å². The highest BCUT2D eigenvalue weighted by Crippen LogP contribution is 2.10. The highest BCUT2D eigenvalue weighted by Gasteiger charge is 2.16. The van der Waals surface area contributed by atoms with Crippen LogP contribution in [0.3, 0.4) is 0 Å². The molecule has 0 saturated carbocycles. The fraction of sp³-hybridized carbons (Fsp3) is 0.643. The second-order valence-corrected chi connectivity index (χ2v) is 4.50. The second kappa shape index (κ2) is 9.57. The Bertz CT molecular complexity index is 299. The van der Waals surface area contributed by atoms with Gasteiger partial charge >= 0.3 is 6.09 Å². The Balaban J connectivity index is 0. The highest BCUT2D eigenvalue weighted by molar-refractivity contribution is 5.71. The molecule has 0 unspecified atom stereocenters. The summed E-state index contributed by atoms with van der Waals surface area (Å²) < 4.78 is 5.12. The molecule has 0 radical (unpaired) electrons. The van der Waals surface area contributed by atoms with Gasteiger partial charge in [0.05, 0.1) is 5.70 Å². The second-order valence-electron chi connectivity index (χ2n) is 4.50.